The molecule has 1 N–H and O–H groups in total. The fraction of sp³-hybridized carbons (Fsp3) is 0.500. The monoisotopic (exact) mass is 292 g/mol. The van der Waals surface area contributed by atoms with Gasteiger partial charge in [-0.15, -0.1) is 0 Å². The summed E-state index contributed by atoms with van der Waals surface area (Å²) in [5.74, 6) is -1.42. The van der Waals surface area contributed by atoms with E-state index in [-0.39, 0.29) is 18.4 Å². The van der Waals surface area contributed by atoms with Crippen LogP contribution in [0.25, 0.3) is 0 Å². The Kier molecular flexibility index (Phi) is 5.31. The highest BCUT2D eigenvalue weighted by molar-refractivity contribution is 6.34. The van der Waals surface area contributed by atoms with Crippen LogP contribution >= 0.6 is 0 Å². The molecule has 5 heteroatoms. The van der Waals surface area contributed by atoms with Crippen molar-refractivity contribution in [3.8, 4) is 0 Å². The molecule has 1 saturated carbocycles. The van der Waals surface area contributed by atoms with Gasteiger partial charge in [0.25, 0.3) is 0 Å². The molecule has 0 aromatic heterocycles. The summed E-state index contributed by atoms with van der Waals surface area (Å²) < 4.78 is 12.8. The second-order valence-corrected chi connectivity index (χ2v) is 5.52. The second kappa shape index (κ2) is 7.20. The Hall–Kier alpha value is -1.91. The summed E-state index contributed by atoms with van der Waals surface area (Å²) in [6, 6.07) is 6.01. The first kappa shape index (κ1) is 15.5. The Morgan fingerprint density at radius 2 is 1.81 bits per heavy atom. The fourth-order valence-corrected chi connectivity index (χ4v) is 2.65. The van der Waals surface area contributed by atoms with E-state index in [1.807, 2.05) is 0 Å². The Morgan fingerprint density at radius 1 is 1.19 bits per heavy atom. The molecular formula is C16H21FN2O2. The molecule has 0 bridgehead atoms. The Bertz CT molecular complexity index is 496. The zero-order chi connectivity index (χ0) is 15.2. The Balaban J connectivity index is 1.84. The van der Waals surface area contributed by atoms with Crippen LogP contribution in [-0.2, 0) is 16.1 Å². The average molecular weight is 292 g/mol. The van der Waals surface area contributed by atoms with Gasteiger partial charge in [-0.25, -0.2) is 4.39 Å². The summed E-state index contributed by atoms with van der Waals surface area (Å²) in [5.41, 5.74) is 0.762. The molecule has 0 radical (unpaired) electrons. The van der Waals surface area contributed by atoms with E-state index < -0.39 is 11.8 Å². The number of likely N-dealkylation sites (N-methyl/N-ethyl adjacent to an activating group) is 1. The maximum absolute atomic E-state index is 12.8. The largest absolute Gasteiger partial charge is 0.344 e. The number of hydrogen-bond donors (Lipinski definition) is 1. The molecule has 0 aliphatic heterocycles. The number of rotatable bonds is 3. The summed E-state index contributed by atoms with van der Waals surface area (Å²) in [4.78, 5) is 25.5. The smallest absolute Gasteiger partial charge is 0.311 e. The van der Waals surface area contributed by atoms with Crippen LogP contribution in [0.4, 0.5) is 4.39 Å². The fourth-order valence-electron chi connectivity index (χ4n) is 2.65. The molecule has 0 heterocycles. The number of nitrogens with one attached hydrogen (secondary N) is 1. The first-order valence-corrected chi connectivity index (χ1v) is 7.37. The number of carbonyl (C=O) groups is 2. The number of amides is 2. The highest BCUT2D eigenvalue weighted by Crippen LogP contribution is 2.21. The van der Waals surface area contributed by atoms with Gasteiger partial charge in [-0.3, -0.25) is 9.59 Å². The van der Waals surface area contributed by atoms with Crippen molar-refractivity contribution in [1.29, 1.82) is 0 Å². The predicted molar refractivity (Wildman–Crippen MR) is 77.9 cm³/mol. The van der Waals surface area contributed by atoms with E-state index in [9.17, 15) is 14.0 Å². The minimum absolute atomic E-state index is 0.169. The van der Waals surface area contributed by atoms with Gasteiger partial charge in [0.2, 0.25) is 0 Å². The molecule has 2 rings (SSSR count). The number of carbonyl (C=O) groups excluding carboxylic acids is 2. The zero-order valence-corrected chi connectivity index (χ0v) is 12.3. The molecule has 1 aromatic carbocycles. The summed E-state index contributed by atoms with van der Waals surface area (Å²) >= 11 is 0. The van der Waals surface area contributed by atoms with Crippen molar-refractivity contribution in [1.82, 2.24) is 10.2 Å². The van der Waals surface area contributed by atoms with Gasteiger partial charge >= 0.3 is 11.8 Å². The van der Waals surface area contributed by atoms with Crippen LogP contribution < -0.4 is 5.32 Å². The quantitative estimate of drug-likeness (QED) is 0.869. The Morgan fingerprint density at radius 3 is 2.43 bits per heavy atom. The van der Waals surface area contributed by atoms with Crippen molar-refractivity contribution in [2.45, 2.75) is 44.7 Å². The van der Waals surface area contributed by atoms with Gasteiger partial charge in [-0.1, -0.05) is 31.4 Å². The topological polar surface area (TPSA) is 49.4 Å². The van der Waals surface area contributed by atoms with Crippen molar-refractivity contribution in [3.05, 3.63) is 35.6 Å². The maximum atomic E-state index is 12.8. The third-order valence-corrected chi connectivity index (χ3v) is 4.00. The normalized spacial score (nSPS) is 15.5. The number of nitrogens with zero attached hydrogens (tertiary/aromatic N) is 1. The van der Waals surface area contributed by atoms with Crippen molar-refractivity contribution in [2.75, 3.05) is 7.05 Å². The second-order valence-electron chi connectivity index (χ2n) is 5.52. The molecule has 0 saturated heterocycles. The van der Waals surface area contributed by atoms with Crippen LogP contribution in [0.3, 0.4) is 0 Å². The molecule has 0 spiro atoms. The first-order valence-electron chi connectivity index (χ1n) is 7.37. The zero-order valence-electron chi connectivity index (χ0n) is 12.3. The number of halogens is 1. The molecule has 114 valence electrons. The van der Waals surface area contributed by atoms with Crippen LogP contribution in [0.5, 0.6) is 0 Å². The predicted octanol–water partition coefficient (Wildman–Crippen LogP) is 2.23. The van der Waals surface area contributed by atoms with Gasteiger partial charge in [0.15, 0.2) is 0 Å². The minimum Gasteiger partial charge on any atom is -0.344 e. The van der Waals surface area contributed by atoms with Crippen LogP contribution in [0.1, 0.15) is 37.7 Å². The lowest BCUT2D eigenvalue weighted by atomic mass is 9.94. The van der Waals surface area contributed by atoms with Crippen LogP contribution in [0.2, 0.25) is 0 Å². The summed E-state index contributed by atoms with van der Waals surface area (Å²) in [6.07, 6.45) is 5.36. The molecular weight excluding hydrogens is 271 g/mol. The standard InChI is InChI=1S/C16H21FN2O2/c1-19(14-5-3-2-4-6-14)16(21)15(20)18-11-12-7-9-13(17)10-8-12/h7-10,14H,2-6,11H2,1H3,(H,18,20). The Labute approximate surface area is 124 Å². The van der Waals surface area contributed by atoms with E-state index >= 15 is 0 Å². The molecule has 0 unspecified atom stereocenters. The highest BCUT2D eigenvalue weighted by Gasteiger charge is 2.26. The average Bonchev–Trinajstić information content (AvgIpc) is 2.53. The van der Waals surface area contributed by atoms with Crippen molar-refractivity contribution < 1.29 is 14.0 Å². The lowest BCUT2D eigenvalue weighted by Crippen LogP contribution is -2.46. The molecule has 2 amide bonds. The highest BCUT2D eigenvalue weighted by atomic mass is 19.1. The molecule has 1 fully saturated rings. The molecule has 21 heavy (non-hydrogen) atoms. The molecule has 1 aromatic rings. The van der Waals surface area contributed by atoms with Crippen molar-refractivity contribution in [2.24, 2.45) is 0 Å². The van der Waals surface area contributed by atoms with E-state index in [2.05, 4.69) is 5.32 Å². The van der Waals surface area contributed by atoms with Gasteiger partial charge < -0.3 is 10.2 Å². The molecule has 1 aliphatic carbocycles. The van der Waals surface area contributed by atoms with Gasteiger partial charge in [0.1, 0.15) is 5.82 Å². The van der Waals surface area contributed by atoms with Gasteiger partial charge in [0.05, 0.1) is 0 Å². The molecule has 1 aliphatic rings. The van der Waals surface area contributed by atoms with Crippen molar-refractivity contribution in [3.63, 3.8) is 0 Å². The van der Waals surface area contributed by atoms with Gasteiger partial charge in [-0.05, 0) is 30.5 Å². The number of hydrogen-bond acceptors (Lipinski definition) is 2. The van der Waals surface area contributed by atoms with E-state index in [0.717, 1.165) is 31.2 Å². The first-order chi connectivity index (χ1) is 10.1. The SMILES string of the molecule is CN(C(=O)C(=O)NCc1ccc(F)cc1)C1CCCCC1. The van der Waals surface area contributed by atoms with E-state index in [1.165, 1.54) is 18.6 Å². The van der Waals surface area contributed by atoms with Crippen LogP contribution in [0.15, 0.2) is 24.3 Å². The minimum atomic E-state index is -0.604. The van der Waals surface area contributed by atoms with Crippen LogP contribution in [-0.4, -0.2) is 29.8 Å². The van der Waals surface area contributed by atoms with E-state index in [4.69, 9.17) is 0 Å². The lowest BCUT2D eigenvalue weighted by Gasteiger charge is -2.30. The third-order valence-electron chi connectivity index (χ3n) is 4.00. The van der Waals surface area contributed by atoms with Crippen LogP contribution in [0, 0.1) is 5.82 Å². The van der Waals surface area contributed by atoms with Crippen molar-refractivity contribution >= 4 is 11.8 Å². The maximum Gasteiger partial charge on any atom is 0.311 e. The lowest BCUT2D eigenvalue weighted by molar-refractivity contribution is -0.146. The van der Waals surface area contributed by atoms with E-state index in [0.29, 0.717) is 0 Å². The van der Waals surface area contributed by atoms with E-state index in [1.54, 1.807) is 24.1 Å². The molecule has 4 nitrogen and oxygen atoms in total. The number of benzene rings is 1. The van der Waals surface area contributed by atoms with Gasteiger partial charge in [-0.2, -0.15) is 0 Å². The summed E-state index contributed by atoms with van der Waals surface area (Å²) in [5, 5.41) is 2.59. The summed E-state index contributed by atoms with van der Waals surface area (Å²) in [7, 11) is 1.69. The third kappa shape index (κ3) is 4.28. The molecule has 0 atom stereocenters. The summed E-state index contributed by atoms with van der Waals surface area (Å²) in [6.45, 7) is 0.226. The van der Waals surface area contributed by atoms with Gasteiger partial charge in [0, 0.05) is 19.6 Å².